The summed E-state index contributed by atoms with van der Waals surface area (Å²) in [7, 11) is 0. The highest BCUT2D eigenvalue weighted by atomic mass is 35.5. The quantitative estimate of drug-likeness (QED) is 0.770. The Balaban J connectivity index is 2.60. The predicted molar refractivity (Wildman–Crippen MR) is 77.3 cm³/mol. The molecule has 19 heavy (non-hydrogen) atoms. The molecule has 4 nitrogen and oxygen atoms in total. The van der Waals surface area contributed by atoms with E-state index >= 15 is 0 Å². The topological polar surface area (TPSA) is 64.3 Å². The molecule has 0 radical (unpaired) electrons. The number of carbonyl (C=O) groups is 1. The zero-order valence-electron chi connectivity index (χ0n) is 11.4. The molecule has 1 aromatic rings. The van der Waals surface area contributed by atoms with Crippen LogP contribution in [0, 0.1) is 5.92 Å². The molecule has 0 fully saturated rings. The molecule has 1 aromatic carbocycles. The second kappa shape index (κ2) is 8.02. The number of carbonyl (C=O) groups excluding carboxylic acids is 1. The molecule has 0 aromatic heterocycles. The Morgan fingerprint density at radius 2 is 2.21 bits per heavy atom. The van der Waals surface area contributed by atoms with Crippen molar-refractivity contribution in [3.63, 3.8) is 0 Å². The van der Waals surface area contributed by atoms with Gasteiger partial charge in [0, 0.05) is 17.1 Å². The van der Waals surface area contributed by atoms with Crippen LogP contribution in [-0.2, 0) is 11.3 Å². The molecular formula is C14H21ClN2O2. The van der Waals surface area contributed by atoms with Gasteiger partial charge in [-0.3, -0.25) is 4.79 Å². The van der Waals surface area contributed by atoms with Crippen LogP contribution in [-0.4, -0.2) is 19.1 Å². The number of nitrogens with two attached hydrogens (primary N) is 1. The molecule has 0 bridgehead atoms. The fraction of sp³-hybridized carbons (Fsp3) is 0.500. The third-order valence-electron chi connectivity index (χ3n) is 2.50. The van der Waals surface area contributed by atoms with Crippen molar-refractivity contribution in [2.75, 3.05) is 13.2 Å². The Morgan fingerprint density at radius 3 is 2.84 bits per heavy atom. The van der Waals surface area contributed by atoms with Crippen LogP contribution in [0.4, 0.5) is 0 Å². The lowest BCUT2D eigenvalue weighted by Gasteiger charge is -2.13. The first kappa shape index (κ1) is 15.8. The van der Waals surface area contributed by atoms with Gasteiger partial charge in [0.05, 0.1) is 13.0 Å². The average molecular weight is 285 g/mol. The lowest BCUT2D eigenvalue weighted by molar-refractivity contribution is -0.118. The zero-order valence-corrected chi connectivity index (χ0v) is 12.2. The van der Waals surface area contributed by atoms with Gasteiger partial charge in [0.1, 0.15) is 5.75 Å². The summed E-state index contributed by atoms with van der Waals surface area (Å²) in [4.78, 5) is 10.7. The van der Waals surface area contributed by atoms with Crippen LogP contribution < -0.4 is 15.8 Å². The number of benzene rings is 1. The molecule has 0 atom stereocenters. The average Bonchev–Trinajstić information content (AvgIpc) is 2.31. The number of rotatable bonds is 8. The van der Waals surface area contributed by atoms with E-state index in [1.807, 2.05) is 12.1 Å². The third-order valence-corrected chi connectivity index (χ3v) is 2.73. The van der Waals surface area contributed by atoms with Crippen LogP contribution in [0.3, 0.4) is 0 Å². The molecule has 0 heterocycles. The first-order valence-electron chi connectivity index (χ1n) is 6.39. The Kier molecular flexibility index (Phi) is 6.67. The molecular weight excluding hydrogens is 264 g/mol. The van der Waals surface area contributed by atoms with E-state index in [0.29, 0.717) is 17.5 Å². The largest absolute Gasteiger partial charge is 0.493 e. The van der Waals surface area contributed by atoms with E-state index in [0.717, 1.165) is 17.9 Å². The van der Waals surface area contributed by atoms with Crippen LogP contribution in [0.5, 0.6) is 5.75 Å². The number of primary amides is 1. The maximum absolute atomic E-state index is 10.7. The van der Waals surface area contributed by atoms with Gasteiger partial charge in [-0.1, -0.05) is 25.4 Å². The summed E-state index contributed by atoms with van der Waals surface area (Å²) < 4.78 is 5.56. The van der Waals surface area contributed by atoms with Gasteiger partial charge in [-0.25, -0.2) is 0 Å². The normalized spacial score (nSPS) is 10.7. The number of hydrogen-bond acceptors (Lipinski definition) is 3. The highest BCUT2D eigenvalue weighted by Crippen LogP contribution is 2.23. The summed E-state index contributed by atoms with van der Waals surface area (Å²) in [5.74, 6) is 0.953. The highest BCUT2D eigenvalue weighted by molar-refractivity contribution is 6.30. The van der Waals surface area contributed by atoms with Crippen molar-refractivity contribution in [1.29, 1.82) is 0 Å². The molecule has 0 aliphatic carbocycles. The number of ether oxygens (including phenoxy) is 1. The van der Waals surface area contributed by atoms with E-state index < -0.39 is 0 Å². The first-order valence-corrected chi connectivity index (χ1v) is 6.77. The minimum Gasteiger partial charge on any atom is -0.493 e. The number of hydrogen-bond donors (Lipinski definition) is 2. The van der Waals surface area contributed by atoms with Crippen molar-refractivity contribution in [3.8, 4) is 5.75 Å². The van der Waals surface area contributed by atoms with Gasteiger partial charge in [-0.05, 0) is 30.7 Å². The lowest BCUT2D eigenvalue weighted by Crippen LogP contribution is -2.20. The summed E-state index contributed by atoms with van der Waals surface area (Å²) in [6.07, 6.45) is 0.210. The minimum atomic E-state index is -0.367. The Hall–Kier alpha value is -1.26. The van der Waals surface area contributed by atoms with E-state index in [2.05, 4.69) is 19.2 Å². The van der Waals surface area contributed by atoms with Gasteiger partial charge < -0.3 is 15.8 Å². The molecule has 5 heteroatoms. The fourth-order valence-electron chi connectivity index (χ4n) is 1.58. The minimum absolute atomic E-state index is 0.210. The van der Waals surface area contributed by atoms with Gasteiger partial charge in [0.15, 0.2) is 0 Å². The van der Waals surface area contributed by atoms with Crippen LogP contribution in [0.25, 0.3) is 0 Å². The van der Waals surface area contributed by atoms with Gasteiger partial charge >= 0.3 is 0 Å². The SMILES string of the molecule is CC(C)CNCc1cc(Cl)ccc1OCCC(N)=O. The van der Waals surface area contributed by atoms with Crippen molar-refractivity contribution in [1.82, 2.24) is 5.32 Å². The van der Waals surface area contributed by atoms with E-state index in [-0.39, 0.29) is 18.9 Å². The zero-order chi connectivity index (χ0) is 14.3. The van der Waals surface area contributed by atoms with Crippen LogP contribution in [0.2, 0.25) is 5.02 Å². The second-order valence-corrected chi connectivity index (χ2v) is 5.28. The van der Waals surface area contributed by atoms with Crippen molar-refractivity contribution in [2.45, 2.75) is 26.8 Å². The maximum atomic E-state index is 10.7. The Morgan fingerprint density at radius 1 is 1.47 bits per heavy atom. The van der Waals surface area contributed by atoms with Gasteiger partial charge in [-0.15, -0.1) is 0 Å². The van der Waals surface area contributed by atoms with Gasteiger partial charge in [-0.2, -0.15) is 0 Å². The highest BCUT2D eigenvalue weighted by Gasteiger charge is 2.06. The summed E-state index contributed by atoms with van der Waals surface area (Å²) in [6.45, 7) is 6.19. The van der Waals surface area contributed by atoms with Crippen LogP contribution in [0.1, 0.15) is 25.8 Å². The first-order chi connectivity index (χ1) is 8.99. The van der Waals surface area contributed by atoms with Gasteiger partial charge in [0.2, 0.25) is 5.91 Å². The number of amides is 1. The lowest BCUT2D eigenvalue weighted by atomic mass is 10.2. The Bertz CT molecular complexity index is 422. The van der Waals surface area contributed by atoms with E-state index in [1.54, 1.807) is 6.07 Å². The molecule has 1 rings (SSSR count). The van der Waals surface area contributed by atoms with Gasteiger partial charge in [0.25, 0.3) is 0 Å². The maximum Gasteiger partial charge on any atom is 0.220 e. The summed E-state index contributed by atoms with van der Waals surface area (Å²) in [5.41, 5.74) is 6.06. The van der Waals surface area contributed by atoms with E-state index in [1.165, 1.54) is 0 Å². The molecule has 0 aliphatic rings. The summed E-state index contributed by atoms with van der Waals surface area (Å²) in [6, 6.07) is 5.46. The van der Waals surface area contributed by atoms with Crippen molar-refractivity contribution >= 4 is 17.5 Å². The van der Waals surface area contributed by atoms with E-state index in [9.17, 15) is 4.79 Å². The molecule has 0 saturated heterocycles. The summed E-state index contributed by atoms with van der Waals surface area (Å²) >= 11 is 5.99. The molecule has 106 valence electrons. The van der Waals surface area contributed by atoms with Crippen molar-refractivity contribution < 1.29 is 9.53 Å². The predicted octanol–water partition coefficient (Wildman–Crippen LogP) is 2.34. The molecule has 0 unspecified atom stereocenters. The summed E-state index contributed by atoms with van der Waals surface area (Å²) in [5, 5.41) is 4.01. The monoisotopic (exact) mass is 284 g/mol. The smallest absolute Gasteiger partial charge is 0.220 e. The molecule has 0 spiro atoms. The molecule has 1 amide bonds. The third kappa shape index (κ3) is 6.45. The second-order valence-electron chi connectivity index (χ2n) is 4.84. The molecule has 0 aliphatic heterocycles. The molecule has 0 saturated carbocycles. The molecule has 3 N–H and O–H groups in total. The standard InChI is InChI=1S/C14H21ClN2O2/c1-10(2)8-17-9-11-7-12(15)3-4-13(11)19-6-5-14(16)18/h3-4,7,10,17H,5-6,8-9H2,1-2H3,(H2,16,18). The van der Waals surface area contributed by atoms with Crippen LogP contribution in [0.15, 0.2) is 18.2 Å². The van der Waals surface area contributed by atoms with Crippen LogP contribution >= 0.6 is 11.6 Å². The number of nitrogens with one attached hydrogen (secondary N) is 1. The number of halogens is 1. The van der Waals surface area contributed by atoms with E-state index in [4.69, 9.17) is 22.1 Å². The Labute approximate surface area is 119 Å². The van der Waals surface area contributed by atoms with Crippen molar-refractivity contribution in [3.05, 3.63) is 28.8 Å². The fourth-order valence-corrected chi connectivity index (χ4v) is 1.78. The van der Waals surface area contributed by atoms with Crippen molar-refractivity contribution in [2.24, 2.45) is 11.7 Å².